The number of carbonyl (C=O) groups is 2. The number of carbonyl (C=O) groups excluding carboxylic acids is 2. The highest BCUT2D eigenvalue weighted by Crippen LogP contribution is 2.64. The second kappa shape index (κ2) is 9.49. The molecule has 0 aromatic heterocycles. The lowest BCUT2D eigenvalue weighted by Gasteiger charge is -2.57. The van der Waals surface area contributed by atoms with E-state index in [1.165, 1.54) is 0 Å². The molecule has 0 aromatic rings. The lowest BCUT2D eigenvalue weighted by Crippen LogP contribution is -2.60. The molecule has 200 valence electrons. The first-order valence-corrected chi connectivity index (χ1v) is 12.8. The maximum absolute atomic E-state index is 12.9. The third-order valence-electron chi connectivity index (χ3n) is 9.55. The van der Waals surface area contributed by atoms with Crippen molar-refractivity contribution in [2.45, 2.75) is 82.8 Å². The van der Waals surface area contributed by atoms with E-state index in [1.807, 2.05) is 6.08 Å². The van der Waals surface area contributed by atoms with E-state index in [4.69, 9.17) is 18.9 Å². The molecular formula is C26H36O10. The fourth-order valence-electron chi connectivity index (χ4n) is 7.09. The third-order valence-corrected chi connectivity index (χ3v) is 9.55. The van der Waals surface area contributed by atoms with E-state index in [-0.39, 0.29) is 23.3 Å². The Morgan fingerprint density at radius 1 is 1.11 bits per heavy atom. The number of ether oxygens (including phenoxy) is 4. The SMILES string of the molecule is C[C@@H]1CC[C@@]23COC(=O)C2=C[C@@H](O[C@@H]2O[C@H](CO)[C@@H](O)[C@H](O)[C@H]2O)C[C@@H]3[C@]1(C)CCC1=CCOC1=O. The van der Waals surface area contributed by atoms with Crippen molar-refractivity contribution in [1.29, 1.82) is 0 Å². The zero-order valence-electron chi connectivity index (χ0n) is 20.7. The lowest BCUT2D eigenvalue weighted by molar-refractivity contribution is -0.310. The lowest BCUT2D eigenvalue weighted by atomic mass is 9.46. The predicted molar refractivity (Wildman–Crippen MR) is 123 cm³/mol. The van der Waals surface area contributed by atoms with Crippen LogP contribution in [-0.2, 0) is 28.5 Å². The standard InChI is InChI=1S/C26H36O10/c1-13-3-7-26-12-34-23(32)16(26)9-15(35-24-21(30)20(29)19(28)17(11-27)36-24)10-18(26)25(13,2)6-4-14-5-8-33-22(14)31/h5,9,13,15,17-21,24,27-30H,3-4,6-8,10-12H2,1-2H3/t13-,15-,17-,18-,19-,20+,21-,24-,25-,26-/m1/s1. The molecule has 3 aliphatic heterocycles. The number of esters is 2. The van der Waals surface area contributed by atoms with Gasteiger partial charge in [-0.2, -0.15) is 0 Å². The minimum atomic E-state index is -1.55. The molecule has 0 aromatic carbocycles. The molecule has 5 aliphatic rings. The second-order valence-electron chi connectivity index (χ2n) is 11.2. The molecule has 2 aliphatic carbocycles. The van der Waals surface area contributed by atoms with E-state index >= 15 is 0 Å². The van der Waals surface area contributed by atoms with Gasteiger partial charge in [0.2, 0.25) is 0 Å². The highest BCUT2D eigenvalue weighted by Gasteiger charge is 2.62. The van der Waals surface area contributed by atoms with E-state index in [0.29, 0.717) is 43.1 Å². The minimum absolute atomic E-state index is 0.00638. The highest BCUT2D eigenvalue weighted by molar-refractivity contribution is 5.93. The topological polar surface area (TPSA) is 152 Å². The van der Waals surface area contributed by atoms with Crippen molar-refractivity contribution < 1.29 is 49.0 Å². The van der Waals surface area contributed by atoms with Gasteiger partial charge in [-0.05, 0) is 61.5 Å². The molecular weight excluding hydrogens is 472 g/mol. The molecule has 0 bridgehead atoms. The molecule has 0 amide bonds. The summed E-state index contributed by atoms with van der Waals surface area (Å²) in [5, 5.41) is 40.3. The Bertz CT molecular complexity index is 958. The number of aliphatic hydroxyl groups is 4. The van der Waals surface area contributed by atoms with Gasteiger partial charge < -0.3 is 39.4 Å². The van der Waals surface area contributed by atoms with Gasteiger partial charge in [-0.3, -0.25) is 0 Å². The van der Waals surface area contributed by atoms with Crippen LogP contribution in [0.4, 0.5) is 0 Å². The predicted octanol–water partition coefficient (Wildman–Crippen LogP) is 0.361. The first-order chi connectivity index (χ1) is 17.1. The molecule has 36 heavy (non-hydrogen) atoms. The quantitative estimate of drug-likeness (QED) is 0.370. The fourth-order valence-corrected chi connectivity index (χ4v) is 7.09. The van der Waals surface area contributed by atoms with Crippen LogP contribution in [0.1, 0.15) is 46.0 Å². The average molecular weight is 509 g/mol. The van der Waals surface area contributed by atoms with Crippen molar-refractivity contribution in [2.24, 2.45) is 22.7 Å². The molecule has 1 spiro atoms. The van der Waals surface area contributed by atoms with E-state index in [0.717, 1.165) is 19.3 Å². The molecule has 4 N–H and O–H groups in total. The van der Waals surface area contributed by atoms with Crippen LogP contribution in [0.25, 0.3) is 0 Å². The maximum Gasteiger partial charge on any atom is 0.334 e. The zero-order valence-corrected chi connectivity index (χ0v) is 20.7. The Labute approximate surface area is 209 Å². The smallest absolute Gasteiger partial charge is 0.334 e. The minimum Gasteiger partial charge on any atom is -0.461 e. The molecule has 0 unspecified atom stereocenters. The summed E-state index contributed by atoms with van der Waals surface area (Å²) in [6.07, 6.45) is -0.406. The Morgan fingerprint density at radius 3 is 2.58 bits per heavy atom. The van der Waals surface area contributed by atoms with Crippen LogP contribution < -0.4 is 0 Å². The van der Waals surface area contributed by atoms with Gasteiger partial charge in [0.15, 0.2) is 6.29 Å². The monoisotopic (exact) mass is 508 g/mol. The van der Waals surface area contributed by atoms with E-state index < -0.39 is 48.8 Å². The number of hydrogen-bond acceptors (Lipinski definition) is 10. The molecule has 10 heteroatoms. The van der Waals surface area contributed by atoms with Crippen LogP contribution in [0, 0.1) is 22.7 Å². The third kappa shape index (κ3) is 4.02. The number of aliphatic hydroxyl groups excluding tert-OH is 4. The summed E-state index contributed by atoms with van der Waals surface area (Å²) >= 11 is 0. The molecule has 2 saturated heterocycles. The van der Waals surface area contributed by atoms with Gasteiger partial charge >= 0.3 is 11.9 Å². The van der Waals surface area contributed by atoms with Crippen LogP contribution in [0.2, 0.25) is 0 Å². The Balaban J connectivity index is 1.43. The fraction of sp³-hybridized carbons (Fsp3) is 0.769. The van der Waals surface area contributed by atoms with Crippen molar-refractivity contribution in [2.75, 3.05) is 19.8 Å². The summed E-state index contributed by atoms with van der Waals surface area (Å²) < 4.78 is 22.3. The van der Waals surface area contributed by atoms with E-state index in [9.17, 15) is 30.0 Å². The maximum atomic E-state index is 12.9. The summed E-state index contributed by atoms with van der Waals surface area (Å²) in [4.78, 5) is 24.9. The first-order valence-electron chi connectivity index (χ1n) is 12.8. The van der Waals surface area contributed by atoms with Crippen molar-refractivity contribution in [3.63, 3.8) is 0 Å². The summed E-state index contributed by atoms with van der Waals surface area (Å²) in [5.74, 6) is -0.340. The molecule has 3 heterocycles. The average Bonchev–Trinajstić information content (AvgIpc) is 3.43. The van der Waals surface area contributed by atoms with Crippen molar-refractivity contribution in [3.8, 4) is 0 Å². The summed E-state index contributed by atoms with van der Waals surface area (Å²) in [6.45, 7) is 4.47. The Kier molecular flexibility index (Phi) is 6.80. The van der Waals surface area contributed by atoms with Gasteiger partial charge in [0, 0.05) is 16.6 Å². The summed E-state index contributed by atoms with van der Waals surface area (Å²) in [6, 6.07) is 0. The van der Waals surface area contributed by atoms with Crippen molar-refractivity contribution in [1.82, 2.24) is 0 Å². The van der Waals surface area contributed by atoms with Gasteiger partial charge in [-0.1, -0.05) is 13.8 Å². The van der Waals surface area contributed by atoms with Gasteiger partial charge in [-0.25, -0.2) is 9.59 Å². The van der Waals surface area contributed by atoms with Crippen LogP contribution >= 0.6 is 0 Å². The molecule has 0 radical (unpaired) electrons. The van der Waals surface area contributed by atoms with Gasteiger partial charge in [0.25, 0.3) is 0 Å². The van der Waals surface area contributed by atoms with Crippen LogP contribution in [0.5, 0.6) is 0 Å². The summed E-state index contributed by atoms with van der Waals surface area (Å²) in [5.41, 5.74) is 0.568. The number of cyclic esters (lactones) is 2. The number of rotatable bonds is 6. The molecule has 1 saturated carbocycles. The van der Waals surface area contributed by atoms with Gasteiger partial charge in [-0.15, -0.1) is 0 Å². The molecule has 10 atom stereocenters. The second-order valence-corrected chi connectivity index (χ2v) is 11.2. The van der Waals surface area contributed by atoms with Crippen LogP contribution in [0.3, 0.4) is 0 Å². The largest absolute Gasteiger partial charge is 0.461 e. The molecule has 5 rings (SSSR count). The van der Waals surface area contributed by atoms with Crippen LogP contribution in [0.15, 0.2) is 23.3 Å². The molecule has 3 fully saturated rings. The van der Waals surface area contributed by atoms with Crippen molar-refractivity contribution in [3.05, 3.63) is 23.3 Å². The Morgan fingerprint density at radius 2 is 1.89 bits per heavy atom. The van der Waals surface area contributed by atoms with Crippen LogP contribution in [-0.4, -0.2) is 89.0 Å². The normalized spacial score (nSPS) is 46.4. The summed E-state index contributed by atoms with van der Waals surface area (Å²) in [7, 11) is 0. The highest BCUT2D eigenvalue weighted by atomic mass is 16.7. The number of hydrogen-bond donors (Lipinski definition) is 4. The van der Waals surface area contributed by atoms with Crippen molar-refractivity contribution >= 4 is 11.9 Å². The van der Waals surface area contributed by atoms with Gasteiger partial charge in [0.05, 0.1) is 12.7 Å². The first kappa shape index (κ1) is 25.8. The van der Waals surface area contributed by atoms with E-state index in [2.05, 4.69) is 13.8 Å². The van der Waals surface area contributed by atoms with E-state index in [1.54, 1.807) is 6.08 Å². The Hall–Kier alpha value is -1.82. The molecule has 10 nitrogen and oxygen atoms in total. The zero-order chi connectivity index (χ0) is 25.8. The van der Waals surface area contributed by atoms with Gasteiger partial charge in [0.1, 0.15) is 37.6 Å².